The second kappa shape index (κ2) is 5.93. The average molecular weight is 305 g/mol. The first kappa shape index (κ1) is 16.8. The smallest absolute Gasteiger partial charge is 0.486 e. The molecule has 0 saturated carbocycles. The Morgan fingerprint density at radius 2 is 1.64 bits per heavy atom. The van der Waals surface area contributed by atoms with Crippen molar-refractivity contribution < 1.29 is 18.8 Å². The van der Waals surface area contributed by atoms with Crippen LogP contribution in [0.3, 0.4) is 0 Å². The Labute approximate surface area is 132 Å². The summed E-state index contributed by atoms with van der Waals surface area (Å²) in [6.07, 6.45) is 0. The van der Waals surface area contributed by atoms with Crippen molar-refractivity contribution in [2.75, 3.05) is 7.11 Å². The van der Waals surface area contributed by atoms with Gasteiger partial charge in [0, 0.05) is 6.92 Å². The summed E-state index contributed by atoms with van der Waals surface area (Å²) in [5.74, 6) is 0.263. The summed E-state index contributed by atoms with van der Waals surface area (Å²) in [5, 5.41) is 2.92. The molecule has 1 aromatic carbocycles. The van der Waals surface area contributed by atoms with Crippen LogP contribution in [0.4, 0.5) is 0 Å². The molecule has 1 aromatic rings. The monoisotopic (exact) mass is 305 g/mol. The molecule has 1 amide bonds. The van der Waals surface area contributed by atoms with Gasteiger partial charge in [-0.25, -0.2) is 0 Å². The third kappa shape index (κ3) is 3.28. The van der Waals surface area contributed by atoms with Crippen molar-refractivity contribution in [2.24, 2.45) is 0 Å². The van der Waals surface area contributed by atoms with Crippen LogP contribution in [0.1, 0.15) is 46.1 Å². The summed E-state index contributed by atoms with van der Waals surface area (Å²) < 4.78 is 17.3. The van der Waals surface area contributed by atoms with E-state index in [4.69, 9.17) is 14.0 Å². The average Bonchev–Trinajstić information content (AvgIpc) is 2.64. The minimum atomic E-state index is -0.540. The lowest BCUT2D eigenvalue weighted by atomic mass is 9.74. The molecule has 1 atom stereocenters. The van der Waals surface area contributed by atoms with Gasteiger partial charge in [0.05, 0.1) is 24.3 Å². The van der Waals surface area contributed by atoms with E-state index in [0.717, 1.165) is 11.3 Å². The SMILES string of the molecule is COc1ccc([C@@H](NC(C)=O)B2OC(C)(C)C(C)(C)O2)cc1. The van der Waals surface area contributed by atoms with E-state index in [1.807, 2.05) is 52.0 Å². The van der Waals surface area contributed by atoms with E-state index in [-0.39, 0.29) is 11.8 Å². The number of carbonyl (C=O) groups is 1. The van der Waals surface area contributed by atoms with Crippen LogP contribution in [0.2, 0.25) is 0 Å². The van der Waals surface area contributed by atoms with Gasteiger partial charge in [-0.3, -0.25) is 4.79 Å². The molecule has 120 valence electrons. The number of amides is 1. The summed E-state index contributed by atoms with van der Waals surface area (Å²) in [6, 6.07) is 7.53. The van der Waals surface area contributed by atoms with Crippen molar-refractivity contribution in [3.63, 3.8) is 0 Å². The number of carbonyl (C=O) groups excluding carboxylic acids is 1. The topological polar surface area (TPSA) is 56.8 Å². The lowest BCUT2D eigenvalue weighted by Gasteiger charge is -2.32. The maximum Gasteiger partial charge on any atom is 0.486 e. The third-order valence-electron chi connectivity index (χ3n) is 4.38. The Bertz CT molecular complexity index is 526. The fourth-order valence-electron chi connectivity index (χ4n) is 2.36. The van der Waals surface area contributed by atoms with Crippen LogP contribution in [0.5, 0.6) is 5.75 Å². The molecule has 22 heavy (non-hydrogen) atoms. The maximum atomic E-state index is 11.6. The molecule has 1 saturated heterocycles. The molecule has 1 fully saturated rings. The first-order valence-electron chi connectivity index (χ1n) is 7.43. The normalized spacial score (nSPS) is 20.5. The zero-order valence-corrected chi connectivity index (χ0v) is 14.1. The van der Waals surface area contributed by atoms with Crippen LogP contribution in [-0.2, 0) is 14.1 Å². The van der Waals surface area contributed by atoms with Gasteiger partial charge in [0.25, 0.3) is 0 Å². The zero-order chi connectivity index (χ0) is 16.5. The first-order chi connectivity index (χ1) is 10.2. The Morgan fingerprint density at radius 3 is 2.05 bits per heavy atom. The molecule has 0 radical (unpaired) electrons. The van der Waals surface area contributed by atoms with Crippen molar-refractivity contribution in [1.82, 2.24) is 5.32 Å². The Kier molecular flexibility index (Phi) is 4.54. The number of benzene rings is 1. The molecule has 2 rings (SSSR count). The van der Waals surface area contributed by atoms with Gasteiger partial charge in [-0.2, -0.15) is 0 Å². The van der Waals surface area contributed by atoms with Gasteiger partial charge in [-0.05, 0) is 45.4 Å². The van der Waals surface area contributed by atoms with Crippen molar-refractivity contribution in [3.05, 3.63) is 29.8 Å². The summed E-state index contributed by atoms with van der Waals surface area (Å²) in [7, 11) is 1.08. The van der Waals surface area contributed by atoms with Gasteiger partial charge in [-0.1, -0.05) is 12.1 Å². The molecule has 0 bridgehead atoms. The molecule has 0 aromatic heterocycles. The van der Waals surface area contributed by atoms with Gasteiger partial charge >= 0.3 is 7.12 Å². The number of hydrogen-bond donors (Lipinski definition) is 1. The molecular weight excluding hydrogens is 281 g/mol. The lowest BCUT2D eigenvalue weighted by molar-refractivity contribution is -0.119. The van der Waals surface area contributed by atoms with Gasteiger partial charge in [0.1, 0.15) is 5.75 Å². The van der Waals surface area contributed by atoms with E-state index in [0.29, 0.717) is 0 Å². The second-order valence-electron chi connectivity index (χ2n) is 6.58. The molecule has 1 aliphatic rings. The number of hydrogen-bond acceptors (Lipinski definition) is 4. The number of nitrogens with one attached hydrogen (secondary N) is 1. The van der Waals surface area contributed by atoms with Gasteiger partial charge in [-0.15, -0.1) is 0 Å². The second-order valence-corrected chi connectivity index (χ2v) is 6.58. The van der Waals surface area contributed by atoms with Crippen molar-refractivity contribution in [1.29, 1.82) is 0 Å². The molecule has 0 spiro atoms. The Balaban J connectivity index is 2.29. The highest BCUT2D eigenvalue weighted by molar-refractivity contribution is 6.47. The van der Waals surface area contributed by atoms with E-state index < -0.39 is 18.3 Å². The van der Waals surface area contributed by atoms with Crippen LogP contribution in [0, 0.1) is 0 Å². The lowest BCUT2D eigenvalue weighted by Crippen LogP contribution is -2.41. The van der Waals surface area contributed by atoms with Gasteiger partial charge in [0.15, 0.2) is 0 Å². The molecule has 1 N–H and O–H groups in total. The molecule has 5 nitrogen and oxygen atoms in total. The fraction of sp³-hybridized carbons (Fsp3) is 0.562. The Hall–Kier alpha value is -1.53. The molecule has 0 aliphatic carbocycles. The first-order valence-corrected chi connectivity index (χ1v) is 7.43. The summed E-state index contributed by atoms with van der Waals surface area (Å²) in [6.45, 7) is 9.46. The van der Waals surface area contributed by atoms with E-state index in [1.54, 1.807) is 7.11 Å². The number of rotatable bonds is 4. The molecule has 1 heterocycles. The molecule has 0 unspecified atom stereocenters. The van der Waals surface area contributed by atoms with E-state index in [2.05, 4.69) is 5.32 Å². The van der Waals surface area contributed by atoms with Gasteiger partial charge < -0.3 is 19.4 Å². The highest BCUT2D eigenvalue weighted by Gasteiger charge is 2.54. The molecule has 1 aliphatic heterocycles. The van der Waals surface area contributed by atoms with Crippen molar-refractivity contribution in [3.8, 4) is 5.75 Å². The van der Waals surface area contributed by atoms with Crippen LogP contribution in [0.15, 0.2) is 24.3 Å². The number of methoxy groups -OCH3 is 1. The Morgan fingerprint density at radius 1 is 1.14 bits per heavy atom. The predicted molar refractivity (Wildman–Crippen MR) is 85.6 cm³/mol. The summed E-state index contributed by atoms with van der Waals surface area (Å²) >= 11 is 0. The number of ether oxygens (including phenoxy) is 1. The minimum absolute atomic E-state index is 0.129. The third-order valence-corrected chi connectivity index (χ3v) is 4.38. The van der Waals surface area contributed by atoms with Crippen LogP contribution >= 0.6 is 0 Å². The predicted octanol–water partition coefficient (Wildman–Crippen LogP) is 2.50. The van der Waals surface area contributed by atoms with Crippen molar-refractivity contribution in [2.45, 2.75) is 51.8 Å². The van der Waals surface area contributed by atoms with Crippen LogP contribution in [-0.4, -0.2) is 31.3 Å². The molecule has 6 heteroatoms. The minimum Gasteiger partial charge on any atom is -0.497 e. The van der Waals surface area contributed by atoms with E-state index in [1.165, 1.54) is 6.92 Å². The quantitative estimate of drug-likeness (QED) is 0.868. The largest absolute Gasteiger partial charge is 0.497 e. The van der Waals surface area contributed by atoms with Crippen LogP contribution < -0.4 is 10.1 Å². The summed E-state index contributed by atoms with van der Waals surface area (Å²) in [5.41, 5.74) is 0.0244. The highest BCUT2D eigenvalue weighted by atomic mass is 16.7. The standard InChI is InChI=1S/C16H24BNO4/c1-11(19)18-14(12-7-9-13(20-6)10-8-12)17-21-15(2,3)16(4,5)22-17/h7-10,14H,1-6H3,(H,18,19)/t14-/m1/s1. The van der Waals surface area contributed by atoms with Crippen LogP contribution in [0.25, 0.3) is 0 Å². The summed E-state index contributed by atoms with van der Waals surface area (Å²) in [4.78, 5) is 11.6. The maximum absolute atomic E-state index is 11.6. The highest BCUT2D eigenvalue weighted by Crippen LogP contribution is 2.40. The fourth-order valence-corrected chi connectivity index (χ4v) is 2.36. The van der Waals surface area contributed by atoms with Gasteiger partial charge in [0.2, 0.25) is 5.91 Å². The van der Waals surface area contributed by atoms with E-state index >= 15 is 0 Å². The van der Waals surface area contributed by atoms with Crippen molar-refractivity contribution >= 4 is 13.0 Å². The van der Waals surface area contributed by atoms with E-state index in [9.17, 15) is 4.79 Å². The zero-order valence-electron chi connectivity index (χ0n) is 14.1. The molecular formula is C16H24BNO4.